The second-order valence-electron chi connectivity index (χ2n) is 9.13. The number of rotatable bonds is 7. The number of thiocarbonyl (C=S) groups is 1. The first-order chi connectivity index (χ1) is 16.8. The average Bonchev–Trinajstić information content (AvgIpc) is 3.51. The summed E-state index contributed by atoms with van der Waals surface area (Å²) in [4.78, 5) is 41.1. The molecule has 1 saturated carbocycles. The molecule has 11 heteroatoms. The minimum atomic E-state index is -0.504. The van der Waals surface area contributed by atoms with E-state index in [-0.39, 0.29) is 18.6 Å². The first kappa shape index (κ1) is 25.2. The van der Waals surface area contributed by atoms with E-state index in [0.717, 1.165) is 17.8 Å². The monoisotopic (exact) mass is 506 g/mol. The minimum Gasteiger partial charge on any atom is -0.456 e. The van der Waals surface area contributed by atoms with Crippen LogP contribution in [0.3, 0.4) is 0 Å². The smallest absolute Gasteiger partial charge is 0.414 e. The van der Waals surface area contributed by atoms with Gasteiger partial charge in [0.05, 0.1) is 29.5 Å². The summed E-state index contributed by atoms with van der Waals surface area (Å²) in [5.41, 5.74) is 0.848. The number of piperazine rings is 1. The Morgan fingerprint density at radius 3 is 2.57 bits per heavy atom. The topological polar surface area (TPSA) is 91.4 Å². The normalized spacial score (nSPS) is 20.7. The van der Waals surface area contributed by atoms with Gasteiger partial charge in [-0.05, 0) is 31.0 Å². The van der Waals surface area contributed by atoms with Gasteiger partial charge in [-0.3, -0.25) is 14.5 Å². The Morgan fingerprint density at radius 2 is 1.91 bits per heavy atom. The molecule has 0 unspecified atom stereocenters. The van der Waals surface area contributed by atoms with Crippen molar-refractivity contribution < 1.29 is 28.2 Å². The van der Waals surface area contributed by atoms with Gasteiger partial charge in [-0.2, -0.15) is 0 Å². The highest BCUT2D eigenvalue weighted by molar-refractivity contribution is 7.80. The zero-order chi connectivity index (χ0) is 24.9. The molecule has 2 saturated heterocycles. The van der Waals surface area contributed by atoms with E-state index in [4.69, 9.17) is 21.7 Å². The van der Waals surface area contributed by atoms with Gasteiger partial charge in [-0.25, -0.2) is 9.18 Å². The Hall–Kier alpha value is -2.95. The summed E-state index contributed by atoms with van der Waals surface area (Å²) in [6, 6.07) is 4.69. The van der Waals surface area contributed by atoms with Crippen LogP contribution in [-0.4, -0.2) is 79.8 Å². The summed E-state index contributed by atoms with van der Waals surface area (Å²) in [7, 11) is 0. The van der Waals surface area contributed by atoms with E-state index in [1.54, 1.807) is 17.0 Å². The van der Waals surface area contributed by atoms with Crippen molar-refractivity contribution in [2.24, 2.45) is 5.92 Å². The number of nitrogens with zero attached hydrogens (tertiary/aromatic N) is 3. The summed E-state index contributed by atoms with van der Waals surface area (Å²) < 4.78 is 25.2. The summed E-state index contributed by atoms with van der Waals surface area (Å²) >= 11 is 5.48. The molecule has 9 nitrogen and oxygen atoms in total. The van der Waals surface area contributed by atoms with Crippen LogP contribution in [0.2, 0.25) is 0 Å². The lowest BCUT2D eigenvalue weighted by Crippen LogP contribution is -2.50. The molecular formula is C24H31FN4O5S. The Kier molecular flexibility index (Phi) is 8.04. The molecule has 4 rings (SSSR count). The van der Waals surface area contributed by atoms with Crippen LogP contribution in [0, 0.1) is 11.7 Å². The van der Waals surface area contributed by atoms with Gasteiger partial charge in [0.1, 0.15) is 11.9 Å². The van der Waals surface area contributed by atoms with E-state index in [0.29, 0.717) is 56.6 Å². The van der Waals surface area contributed by atoms with Crippen LogP contribution in [0.4, 0.5) is 20.6 Å². The van der Waals surface area contributed by atoms with Crippen molar-refractivity contribution in [2.75, 3.05) is 55.7 Å². The van der Waals surface area contributed by atoms with Gasteiger partial charge in [0.25, 0.3) is 5.91 Å². The van der Waals surface area contributed by atoms with Crippen LogP contribution < -0.4 is 15.1 Å². The first-order valence-corrected chi connectivity index (χ1v) is 12.4. The average molecular weight is 507 g/mol. The number of carbonyl (C=O) groups is 3. The Labute approximate surface area is 209 Å². The maximum absolute atomic E-state index is 15.0. The minimum absolute atomic E-state index is 0.267. The molecule has 2 heterocycles. The maximum Gasteiger partial charge on any atom is 0.414 e. The van der Waals surface area contributed by atoms with Crippen molar-refractivity contribution >= 4 is 46.6 Å². The zero-order valence-corrected chi connectivity index (χ0v) is 20.7. The van der Waals surface area contributed by atoms with Gasteiger partial charge in [0.2, 0.25) is 0 Å². The van der Waals surface area contributed by atoms with Crippen molar-refractivity contribution in [3.05, 3.63) is 24.0 Å². The number of carbonyl (C=O) groups excluding carboxylic acids is 3. The molecule has 2 amide bonds. The third-order valence-corrected chi connectivity index (χ3v) is 7.20. The number of hydrogen-bond donors (Lipinski definition) is 1. The molecule has 0 spiro atoms. The van der Waals surface area contributed by atoms with Crippen molar-refractivity contribution in [2.45, 2.75) is 38.7 Å². The molecule has 3 fully saturated rings. The second-order valence-corrected chi connectivity index (χ2v) is 9.57. The van der Waals surface area contributed by atoms with E-state index in [2.05, 4.69) is 5.32 Å². The lowest BCUT2D eigenvalue weighted by molar-refractivity contribution is -0.150. The van der Waals surface area contributed by atoms with Gasteiger partial charge in [0.15, 0.2) is 6.61 Å². The maximum atomic E-state index is 15.0. The van der Waals surface area contributed by atoms with E-state index < -0.39 is 17.9 Å². The molecule has 1 aromatic carbocycles. The predicted octanol–water partition coefficient (Wildman–Crippen LogP) is 2.47. The van der Waals surface area contributed by atoms with Crippen molar-refractivity contribution in [3.8, 4) is 0 Å². The fourth-order valence-electron chi connectivity index (χ4n) is 4.76. The highest BCUT2D eigenvalue weighted by atomic mass is 32.1. The molecule has 190 valence electrons. The van der Waals surface area contributed by atoms with Crippen LogP contribution in [0.25, 0.3) is 0 Å². The number of amides is 2. The summed E-state index contributed by atoms with van der Waals surface area (Å²) in [6.45, 7) is 3.43. The van der Waals surface area contributed by atoms with Crippen LogP contribution in [0.1, 0.15) is 32.6 Å². The van der Waals surface area contributed by atoms with Crippen LogP contribution in [0.5, 0.6) is 0 Å². The molecule has 35 heavy (non-hydrogen) atoms. The third-order valence-electron chi connectivity index (χ3n) is 6.72. The van der Waals surface area contributed by atoms with E-state index in [1.165, 1.54) is 30.7 Å². The molecule has 0 aromatic heterocycles. The molecule has 1 N–H and O–H groups in total. The Morgan fingerprint density at radius 1 is 1.20 bits per heavy atom. The van der Waals surface area contributed by atoms with Gasteiger partial charge in [-0.15, -0.1) is 0 Å². The molecule has 2 aliphatic heterocycles. The van der Waals surface area contributed by atoms with Crippen LogP contribution in [0.15, 0.2) is 18.2 Å². The Balaban J connectivity index is 1.29. The Bertz CT molecular complexity index is 979. The highest BCUT2D eigenvalue weighted by Gasteiger charge is 2.33. The zero-order valence-electron chi connectivity index (χ0n) is 19.8. The van der Waals surface area contributed by atoms with Crippen LogP contribution >= 0.6 is 12.2 Å². The number of benzene rings is 1. The molecule has 1 atom stereocenters. The van der Waals surface area contributed by atoms with Gasteiger partial charge >= 0.3 is 12.1 Å². The van der Waals surface area contributed by atoms with E-state index >= 15 is 4.39 Å². The number of halogens is 1. The third kappa shape index (κ3) is 6.19. The number of cyclic esters (lactones) is 1. The molecule has 1 aliphatic carbocycles. The molecule has 1 aromatic rings. The molecular weight excluding hydrogens is 475 g/mol. The number of anilines is 2. The lowest BCUT2D eigenvalue weighted by Gasteiger charge is -2.36. The number of nitrogens with one attached hydrogen (secondary N) is 1. The molecule has 0 radical (unpaired) electrons. The van der Waals surface area contributed by atoms with Gasteiger partial charge < -0.3 is 24.6 Å². The number of ether oxygens (including phenoxy) is 2. The molecule has 3 aliphatic rings. The summed E-state index contributed by atoms with van der Waals surface area (Å²) in [5, 5.41) is 3.24. The van der Waals surface area contributed by atoms with E-state index in [1.807, 2.05) is 4.90 Å². The van der Waals surface area contributed by atoms with Crippen molar-refractivity contribution in [1.29, 1.82) is 0 Å². The largest absolute Gasteiger partial charge is 0.456 e. The highest BCUT2D eigenvalue weighted by Crippen LogP contribution is 2.29. The number of esters is 1. The lowest BCUT2D eigenvalue weighted by atomic mass is 10.1. The summed E-state index contributed by atoms with van der Waals surface area (Å²) in [5.74, 6) is -0.805. The first-order valence-electron chi connectivity index (χ1n) is 12.0. The molecule has 0 bridgehead atoms. The van der Waals surface area contributed by atoms with Crippen LogP contribution in [-0.2, 0) is 19.1 Å². The van der Waals surface area contributed by atoms with Gasteiger partial charge in [-0.1, -0.05) is 25.1 Å². The quantitative estimate of drug-likeness (QED) is 0.446. The van der Waals surface area contributed by atoms with Crippen molar-refractivity contribution in [1.82, 2.24) is 10.2 Å². The standard InChI is InChI=1S/C24H31FN4O5S/c1-16(30)33-15-22(31)28-10-8-27(9-11-28)21-7-6-18(12-20(21)25)29-14-19(34-24(29)32)13-26-23(35)17-4-2-3-5-17/h6-7,12,17,19H,2-5,8-11,13-15H2,1H3,(H,26,35)/t19-/m0/s1. The fourth-order valence-corrected chi connectivity index (χ4v) is 5.08. The SMILES string of the molecule is CC(=O)OCC(=O)N1CCN(c2ccc(N3C[C@H](CNC(=S)C4CCCC4)OC3=O)cc2F)CC1. The fraction of sp³-hybridized carbons (Fsp3) is 0.583. The van der Waals surface area contributed by atoms with Crippen molar-refractivity contribution in [3.63, 3.8) is 0 Å². The van der Waals surface area contributed by atoms with Gasteiger partial charge in [0, 0.05) is 39.0 Å². The second kappa shape index (κ2) is 11.2. The summed E-state index contributed by atoms with van der Waals surface area (Å²) in [6.07, 6.45) is 3.74. The number of hydrogen-bond acceptors (Lipinski definition) is 7. The van der Waals surface area contributed by atoms with E-state index in [9.17, 15) is 14.4 Å². The predicted molar refractivity (Wildman–Crippen MR) is 132 cm³/mol.